The van der Waals surface area contributed by atoms with Crippen molar-refractivity contribution < 1.29 is 13.3 Å². The molecule has 8 heteroatoms. The number of nitrogens with one attached hydrogen (secondary N) is 1. The summed E-state index contributed by atoms with van der Waals surface area (Å²) in [7, 11) is -3.75. The van der Waals surface area contributed by atoms with E-state index in [-0.39, 0.29) is 10.6 Å². The minimum Gasteiger partial charge on any atom is -0.382 e. The van der Waals surface area contributed by atoms with Crippen LogP contribution in [0.3, 0.4) is 0 Å². The number of para-hydroxylation sites is 2. The monoisotopic (exact) mass is 319 g/mol. The van der Waals surface area contributed by atoms with Crippen LogP contribution < -0.4 is 9.62 Å². The number of sulfonamides is 1. The Hall–Kier alpha value is -2.61. The van der Waals surface area contributed by atoms with Crippen LogP contribution in [-0.2, 0) is 10.0 Å². The van der Waals surface area contributed by atoms with Crippen molar-refractivity contribution in [3.05, 3.63) is 58.6 Å². The van der Waals surface area contributed by atoms with Gasteiger partial charge in [0, 0.05) is 18.7 Å². The van der Waals surface area contributed by atoms with Gasteiger partial charge in [0.15, 0.2) is 0 Å². The number of benzene rings is 2. The maximum Gasteiger partial charge on any atom is 0.269 e. The van der Waals surface area contributed by atoms with E-state index in [1.54, 1.807) is 12.1 Å². The molecule has 0 atom stereocenters. The number of anilines is 2. The Labute approximate surface area is 127 Å². The molecule has 3 rings (SSSR count). The zero-order valence-corrected chi connectivity index (χ0v) is 12.3. The maximum atomic E-state index is 12.8. The highest BCUT2D eigenvalue weighted by atomic mass is 32.2. The van der Waals surface area contributed by atoms with Crippen molar-refractivity contribution in [1.29, 1.82) is 0 Å². The smallest absolute Gasteiger partial charge is 0.269 e. The summed E-state index contributed by atoms with van der Waals surface area (Å²) in [5, 5.41) is 13.8. The molecule has 2 aromatic carbocycles. The molecule has 2 aromatic rings. The Balaban J connectivity index is 2.02. The van der Waals surface area contributed by atoms with E-state index < -0.39 is 14.9 Å². The first-order valence-electron chi connectivity index (χ1n) is 6.60. The molecule has 0 spiro atoms. The second-order valence-corrected chi connectivity index (χ2v) is 6.63. The summed E-state index contributed by atoms with van der Waals surface area (Å²) in [5.74, 6) is 0. The van der Waals surface area contributed by atoms with Crippen LogP contribution in [0.25, 0.3) is 0 Å². The third-order valence-electron chi connectivity index (χ3n) is 3.44. The van der Waals surface area contributed by atoms with Gasteiger partial charge in [0.25, 0.3) is 15.7 Å². The topological polar surface area (TPSA) is 92.5 Å². The van der Waals surface area contributed by atoms with E-state index in [0.717, 1.165) is 5.69 Å². The van der Waals surface area contributed by atoms with Crippen LogP contribution in [-0.4, -0.2) is 26.4 Å². The van der Waals surface area contributed by atoms with Crippen LogP contribution in [0.1, 0.15) is 0 Å². The zero-order valence-electron chi connectivity index (χ0n) is 11.5. The van der Waals surface area contributed by atoms with Gasteiger partial charge in [-0.15, -0.1) is 0 Å². The Bertz CT molecular complexity index is 818. The lowest BCUT2D eigenvalue weighted by molar-refractivity contribution is -0.384. The van der Waals surface area contributed by atoms with E-state index in [2.05, 4.69) is 5.32 Å². The van der Waals surface area contributed by atoms with Gasteiger partial charge in [0.05, 0.1) is 27.7 Å². The predicted molar refractivity (Wildman–Crippen MR) is 82.6 cm³/mol. The van der Waals surface area contributed by atoms with Gasteiger partial charge in [0.2, 0.25) is 0 Å². The van der Waals surface area contributed by atoms with Crippen LogP contribution in [0.15, 0.2) is 53.4 Å². The standard InChI is InChI=1S/C14H13N3O4S/c18-17(19)11-5-7-12(8-6-11)22(20,21)16-10-9-15-13-3-1-2-4-14(13)16/h1-8,15H,9-10H2. The van der Waals surface area contributed by atoms with Crippen molar-refractivity contribution in [2.24, 2.45) is 0 Å². The minimum absolute atomic E-state index is 0.0369. The molecule has 0 amide bonds. The summed E-state index contributed by atoms with van der Waals surface area (Å²) in [4.78, 5) is 10.1. The number of non-ortho nitro benzene ring substituents is 1. The van der Waals surface area contributed by atoms with Crippen molar-refractivity contribution in [2.45, 2.75) is 4.90 Å². The molecule has 1 N–H and O–H groups in total. The second kappa shape index (κ2) is 5.30. The third kappa shape index (κ3) is 2.37. The molecule has 22 heavy (non-hydrogen) atoms. The minimum atomic E-state index is -3.75. The molecule has 7 nitrogen and oxygen atoms in total. The van der Waals surface area contributed by atoms with Crippen LogP contribution in [0.2, 0.25) is 0 Å². The maximum absolute atomic E-state index is 12.8. The number of nitrogens with zero attached hydrogens (tertiary/aromatic N) is 2. The Kier molecular flexibility index (Phi) is 3.45. The van der Waals surface area contributed by atoms with E-state index in [1.165, 1.54) is 28.6 Å². The molecule has 0 radical (unpaired) electrons. The van der Waals surface area contributed by atoms with Crippen molar-refractivity contribution in [1.82, 2.24) is 0 Å². The Morgan fingerprint density at radius 1 is 1.09 bits per heavy atom. The van der Waals surface area contributed by atoms with Gasteiger partial charge in [-0.05, 0) is 24.3 Å². The van der Waals surface area contributed by atoms with Gasteiger partial charge < -0.3 is 5.32 Å². The molecule has 0 saturated heterocycles. The summed E-state index contributed by atoms with van der Waals surface area (Å²) >= 11 is 0. The van der Waals surface area contributed by atoms with Gasteiger partial charge in [-0.1, -0.05) is 12.1 Å². The Morgan fingerprint density at radius 3 is 2.45 bits per heavy atom. The molecule has 0 aromatic heterocycles. The molecule has 114 valence electrons. The molecule has 0 unspecified atom stereocenters. The number of rotatable bonds is 3. The summed E-state index contributed by atoms with van der Waals surface area (Å²) in [6.07, 6.45) is 0. The molecular weight excluding hydrogens is 306 g/mol. The van der Waals surface area contributed by atoms with E-state index in [0.29, 0.717) is 18.8 Å². The highest BCUT2D eigenvalue weighted by Crippen LogP contribution is 2.33. The summed E-state index contributed by atoms with van der Waals surface area (Å²) < 4.78 is 26.8. The normalized spacial score (nSPS) is 14.1. The van der Waals surface area contributed by atoms with Crippen LogP contribution >= 0.6 is 0 Å². The number of nitro groups is 1. The molecule has 1 aliphatic rings. The molecule has 1 heterocycles. The fourth-order valence-electron chi connectivity index (χ4n) is 2.37. The van der Waals surface area contributed by atoms with Crippen LogP contribution in [0.5, 0.6) is 0 Å². The molecule has 0 fully saturated rings. The van der Waals surface area contributed by atoms with Gasteiger partial charge >= 0.3 is 0 Å². The highest BCUT2D eigenvalue weighted by Gasteiger charge is 2.29. The SMILES string of the molecule is O=[N+]([O-])c1ccc(S(=O)(=O)N2CCNc3ccccc32)cc1. The van der Waals surface area contributed by atoms with E-state index in [4.69, 9.17) is 0 Å². The fraction of sp³-hybridized carbons (Fsp3) is 0.143. The van der Waals surface area contributed by atoms with Crippen LogP contribution in [0.4, 0.5) is 17.1 Å². The lowest BCUT2D eigenvalue weighted by atomic mass is 10.2. The first-order valence-corrected chi connectivity index (χ1v) is 8.04. The van der Waals surface area contributed by atoms with Gasteiger partial charge in [-0.25, -0.2) is 8.42 Å². The van der Waals surface area contributed by atoms with E-state index in [9.17, 15) is 18.5 Å². The summed E-state index contributed by atoms with van der Waals surface area (Å²) in [5.41, 5.74) is 1.19. The van der Waals surface area contributed by atoms with E-state index in [1.807, 2.05) is 12.1 Å². The van der Waals surface area contributed by atoms with Crippen molar-refractivity contribution in [2.75, 3.05) is 22.7 Å². The fourth-order valence-corrected chi connectivity index (χ4v) is 3.85. The third-order valence-corrected chi connectivity index (χ3v) is 5.27. The molecule has 1 aliphatic heterocycles. The van der Waals surface area contributed by atoms with Crippen molar-refractivity contribution in [3.8, 4) is 0 Å². The van der Waals surface area contributed by atoms with Crippen molar-refractivity contribution >= 4 is 27.1 Å². The predicted octanol–water partition coefficient (Wildman–Crippen LogP) is 2.22. The number of hydrogen-bond acceptors (Lipinski definition) is 5. The molecular formula is C14H13N3O4S. The molecule has 0 aliphatic carbocycles. The molecule has 0 saturated carbocycles. The summed E-state index contributed by atoms with van der Waals surface area (Å²) in [6, 6.07) is 12.0. The Morgan fingerprint density at radius 2 is 1.77 bits per heavy atom. The van der Waals surface area contributed by atoms with Gasteiger partial charge in [-0.3, -0.25) is 14.4 Å². The first-order chi connectivity index (χ1) is 10.5. The summed E-state index contributed by atoms with van der Waals surface area (Å²) in [6.45, 7) is 0.805. The lowest BCUT2D eigenvalue weighted by Gasteiger charge is -2.31. The lowest BCUT2D eigenvalue weighted by Crippen LogP contribution is -2.38. The van der Waals surface area contributed by atoms with Gasteiger partial charge in [-0.2, -0.15) is 0 Å². The quantitative estimate of drug-likeness (QED) is 0.691. The average Bonchev–Trinajstić information content (AvgIpc) is 2.54. The highest BCUT2D eigenvalue weighted by molar-refractivity contribution is 7.92. The first kappa shape index (κ1) is 14.3. The second-order valence-electron chi connectivity index (χ2n) is 4.77. The van der Waals surface area contributed by atoms with E-state index >= 15 is 0 Å². The number of fused-ring (bicyclic) bond motifs is 1. The number of nitro benzene ring substituents is 1. The van der Waals surface area contributed by atoms with Crippen LogP contribution in [0, 0.1) is 10.1 Å². The van der Waals surface area contributed by atoms with Crippen molar-refractivity contribution in [3.63, 3.8) is 0 Å². The average molecular weight is 319 g/mol. The molecule has 0 bridgehead atoms. The number of hydrogen-bond donors (Lipinski definition) is 1. The largest absolute Gasteiger partial charge is 0.382 e. The zero-order chi connectivity index (χ0) is 15.7. The van der Waals surface area contributed by atoms with Gasteiger partial charge in [0.1, 0.15) is 0 Å².